The first kappa shape index (κ1) is 52.3. The monoisotopic (exact) mass is 1160 g/mol. The second-order valence-corrected chi connectivity index (χ2v) is 25.0. The summed E-state index contributed by atoms with van der Waals surface area (Å²) in [6.45, 7) is 0. The van der Waals surface area contributed by atoms with Crippen LogP contribution >= 0.6 is 0 Å². The second-order valence-electron chi connectivity index (χ2n) is 25.0. The Bertz CT molecular complexity index is 6060. The van der Waals surface area contributed by atoms with E-state index in [1.807, 2.05) is 24.3 Å². The molecule has 0 spiro atoms. The maximum atomic E-state index is 7.38. The van der Waals surface area contributed by atoms with E-state index in [2.05, 4.69) is 255 Å². The van der Waals surface area contributed by atoms with Crippen molar-refractivity contribution in [2.45, 2.75) is 5.66 Å². The molecule has 0 atom stereocenters. The van der Waals surface area contributed by atoms with E-state index >= 15 is 0 Å². The second kappa shape index (κ2) is 19.6. The number of nitrogen functional groups attached to an aromatic ring is 4. The summed E-state index contributed by atoms with van der Waals surface area (Å²) in [5.41, 5.74) is 60.2. The van der Waals surface area contributed by atoms with E-state index < -0.39 is 5.66 Å². The van der Waals surface area contributed by atoms with E-state index in [1.165, 1.54) is 21.5 Å². The van der Waals surface area contributed by atoms with Crippen molar-refractivity contribution in [2.75, 3.05) is 22.9 Å². The molecule has 12 N–H and O–H groups in total. The van der Waals surface area contributed by atoms with Gasteiger partial charge in [-0.25, -0.2) is 0 Å². The van der Waals surface area contributed by atoms with Gasteiger partial charge < -0.3 is 34.4 Å². The van der Waals surface area contributed by atoms with Crippen molar-refractivity contribution < 1.29 is 0 Å². The van der Waals surface area contributed by atoms with E-state index in [1.54, 1.807) is 0 Å². The molecule has 6 heteroatoms. The van der Waals surface area contributed by atoms with Gasteiger partial charge in [-0.1, -0.05) is 182 Å². The average Bonchev–Trinajstić information content (AvgIpc) is 1.09. The molecule has 1 aliphatic rings. The summed E-state index contributed by atoms with van der Waals surface area (Å²) in [6, 6.07) is 100. The fourth-order valence-corrected chi connectivity index (χ4v) is 15.2. The summed E-state index contributed by atoms with van der Waals surface area (Å²) in [5, 5.41) is 20.3. The topological polar surface area (TPSA) is 156 Å². The lowest BCUT2D eigenvalue weighted by Crippen LogP contribution is -2.45. The van der Waals surface area contributed by atoms with Crippen LogP contribution in [0.25, 0.3) is 175 Å². The van der Waals surface area contributed by atoms with Crippen LogP contribution < -0.4 is 34.4 Å². The maximum absolute atomic E-state index is 7.38. The molecule has 0 fully saturated rings. The molecule has 0 saturated carbocycles. The number of fused-ring (bicyclic) bond motifs is 13. The van der Waals surface area contributed by atoms with E-state index in [9.17, 15) is 0 Å². The van der Waals surface area contributed by atoms with E-state index in [4.69, 9.17) is 34.4 Å². The Kier molecular flexibility index (Phi) is 11.3. The van der Waals surface area contributed by atoms with Crippen LogP contribution in [0.15, 0.2) is 279 Å². The Morgan fingerprint density at radius 3 is 0.879 bits per heavy atom. The minimum absolute atomic E-state index is 0.712. The largest absolute Gasteiger partial charge is 0.399 e. The van der Waals surface area contributed by atoms with Crippen molar-refractivity contribution in [1.82, 2.24) is 0 Å². The molecular weight excluding hydrogens is 1100 g/mol. The van der Waals surface area contributed by atoms with E-state index in [0.29, 0.717) is 17.1 Å². The van der Waals surface area contributed by atoms with Crippen molar-refractivity contribution in [3.05, 3.63) is 290 Å². The lowest BCUT2D eigenvalue weighted by Gasteiger charge is -2.23. The summed E-state index contributed by atoms with van der Waals surface area (Å²) in [4.78, 5) is 0. The summed E-state index contributed by atoms with van der Waals surface area (Å²) in [6.07, 6.45) is 0. The van der Waals surface area contributed by atoms with Gasteiger partial charge in [0.15, 0.2) is 0 Å². The number of hydrogen-bond acceptors (Lipinski definition) is 6. The molecule has 6 nitrogen and oxygen atoms in total. The number of nitrogens with two attached hydrogens (primary N) is 6. The SMILES string of the molecule is Nc1ccc2c(-c3ccc4cc(-c5ccc6c(c5)C(N)(N)c5c-6ccc6cc(-c7ccc8cc(-c9c%10ccc(N)cc%10c(-c%10ccc%11ccccc%11c%10)c%10ccc(N)cc9%10)ccc8c7)ccc56)ccc4c3)c3cc(N)ccc3c(-c3ccc4ccccc4c3)c2c1. The van der Waals surface area contributed by atoms with Gasteiger partial charge in [0.1, 0.15) is 5.66 Å². The smallest absolute Gasteiger partial charge is 0.118 e. The molecule has 0 bridgehead atoms. The number of benzene rings is 17. The van der Waals surface area contributed by atoms with Crippen molar-refractivity contribution >= 4 is 120 Å². The summed E-state index contributed by atoms with van der Waals surface area (Å²) in [7, 11) is 0. The Labute approximate surface area is 524 Å². The van der Waals surface area contributed by atoms with E-state index in [-0.39, 0.29) is 0 Å². The summed E-state index contributed by atoms with van der Waals surface area (Å²) < 4.78 is 0. The first-order chi connectivity index (χ1) is 44.4. The standard InChI is InChI=1S/C85H58N6/c86-64-26-33-72-75(43-64)80(60-17-9-47-5-1-3-7-49(47)38-60)70-31-24-66(88)45-77(70)82(72)62-19-15-52-35-51(11-13-55(52)40-62)57-21-28-68-59(37-57)23-30-74-69-29-22-58(42-79(69)85(90,91)84(68)74)54-12-14-56-41-63(20-16-53(56)36-54)83-73-34-27-65(87)44-76(73)81(71-32-25-67(89)46-78(71)83)61-18-10-48-6-2-4-8-50(48)39-61/h1-46H,86-91H2. The molecule has 0 aromatic heterocycles. The van der Waals surface area contributed by atoms with Crippen LogP contribution in [0.2, 0.25) is 0 Å². The third-order valence-electron chi connectivity index (χ3n) is 19.5. The third kappa shape index (κ3) is 8.21. The van der Waals surface area contributed by atoms with Crippen LogP contribution in [0.4, 0.5) is 22.7 Å². The van der Waals surface area contributed by atoms with Gasteiger partial charge in [0.2, 0.25) is 0 Å². The van der Waals surface area contributed by atoms with Crippen LogP contribution in [0.1, 0.15) is 11.1 Å². The quantitative estimate of drug-likeness (QED) is 0.0553. The van der Waals surface area contributed by atoms with Gasteiger partial charge in [0.05, 0.1) is 0 Å². The number of rotatable bonds is 6. The fourth-order valence-electron chi connectivity index (χ4n) is 15.2. The van der Waals surface area contributed by atoms with Crippen molar-refractivity contribution in [2.24, 2.45) is 11.5 Å². The summed E-state index contributed by atoms with van der Waals surface area (Å²) >= 11 is 0. The van der Waals surface area contributed by atoms with Gasteiger partial charge in [-0.15, -0.1) is 0 Å². The average molecular weight is 1160 g/mol. The van der Waals surface area contributed by atoms with Crippen molar-refractivity contribution in [3.63, 3.8) is 0 Å². The normalized spacial score (nSPS) is 12.8. The molecule has 0 radical (unpaired) electrons. The van der Waals surface area contributed by atoms with Gasteiger partial charge >= 0.3 is 0 Å². The molecule has 18 rings (SSSR count). The van der Waals surface area contributed by atoms with Gasteiger partial charge in [0, 0.05) is 28.3 Å². The van der Waals surface area contributed by atoms with Gasteiger partial charge in [-0.3, -0.25) is 0 Å². The molecule has 17 aromatic rings. The molecule has 0 amide bonds. The zero-order valence-electron chi connectivity index (χ0n) is 49.5. The van der Waals surface area contributed by atoms with Crippen molar-refractivity contribution in [3.8, 4) is 77.9 Å². The Morgan fingerprint density at radius 2 is 0.473 bits per heavy atom. The molecular formula is C85H58N6. The Morgan fingerprint density at radius 1 is 0.198 bits per heavy atom. The lowest BCUT2D eigenvalue weighted by atomic mass is 9.84. The Balaban J connectivity index is 0.661. The number of anilines is 4. The predicted octanol–water partition coefficient (Wildman–Crippen LogP) is 20.5. The fraction of sp³-hybridized carbons (Fsp3) is 0.0118. The molecule has 1 aliphatic carbocycles. The van der Waals surface area contributed by atoms with Crippen LogP contribution in [0.3, 0.4) is 0 Å². The van der Waals surface area contributed by atoms with Crippen LogP contribution in [-0.4, -0.2) is 0 Å². The first-order valence-electron chi connectivity index (χ1n) is 30.9. The van der Waals surface area contributed by atoms with Gasteiger partial charge in [-0.05, 0) is 277 Å². The lowest BCUT2D eigenvalue weighted by molar-refractivity contribution is 0.589. The molecule has 0 heterocycles. The highest BCUT2D eigenvalue weighted by molar-refractivity contribution is 6.25. The zero-order valence-corrected chi connectivity index (χ0v) is 49.5. The molecule has 91 heavy (non-hydrogen) atoms. The molecule has 0 unspecified atom stereocenters. The zero-order chi connectivity index (χ0) is 61.0. The highest BCUT2D eigenvalue weighted by Gasteiger charge is 2.39. The molecule has 0 aliphatic heterocycles. The van der Waals surface area contributed by atoms with Crippen molar-refractivity contribution in [1.29, 1.82) is 0 Å². The summed E-state index contributed by atoms with van der Waals surface area (Å²) in [5.74, 6) is 0. The molecule has 0 saturated heterocycles. The number of hydrogen-bond donors (Lipinski definition) is 6. The minimum Gasteiger partial charge on any atom is -0.399 e. The molecule has 428 valence electrons. The first-order valence-corrected chi connectivity index (χ1v) is 30.9. The van der Waals surface area contributed by atoms with Crippen LogP contribution in [-0.2, 0) is 5.66 Å². The highest BCUT2D eigenvalue weighted by atomic mass is 15.0. The predicted molar refractivity (Wildman–Crippen MR) is 389 cm³/mol. The Hall–Kier alpha value is -11.8. The van der Waals surface area contributed by atoms with Gasteiger partial charge in [-0.2, -0.15) is 0 Å². The highest BCUT2D eigenvalue weighted by Crippen LogP contribution is 2.51. The minimum atomic E-state index is -1.23. The maximum Gasteiger partial charge on any atom is 0.118 e. The van der Waals surface area contributed by atoms with Gasteiger partial charge in [0.25, 0.3) is 0 Å². The van der Waals surface area contributed by atoms with Crippen LogP contribution in [0, 0.1) is 0 Å². The van der Waals surface area contributed by atoms with Crippen LogP contribution in [0.5, 0.6) is 0 Å². The molecule has 17 aromatic carbocycles. The van der Waals surface area contributed by atoms with E-state index in [0.717, 1.165) is 170 Å². The third-order valence-corrected chi connectivity index (χ3v) is 19.5.